The first kappa shape index (κ1) is 23.0. The Balaban J connectivity index is 1.49. The number of amides is 2. The van der Waals surface area contributed by atoms with Crippen molar-refractivity contribution in [1.29, 1.82) is 0 Å². The summed E-state index contributed by atoms with van der Waals surface area (Å²) < 4.78 is 16.9. The van der Waals surface area contributed by atoms with Crippen LogP contribution in [0.2, 0.25) is 0 Å². The molecule has 8 heteroatoms. The molecule has 2 aliphatic heterocycles. The molecule has 0 atom stereocenters. The van der Waals surface area contributed by atoms with E-state index in [9.17, 15) is 9.59 Å². The van der Waals surface area contributed by atoms with Crippen LogP contribution in [0.3, 0.4) is 0 Å². The second kappa shape index (κ2) is 10.2. The third-order valence-electron chi connectivity index (χ3n) is 5.74. The van der Waals surface area contributed by atoms with Crippen LogP contribution in [0.25, 0.3) is 6.08 Å². The van der Waals surface area contributed by atoms with Crippen LogP contribution < -0.4 is 19.1 Å². The molecular weight excluding hydrogens is 440 g/mol. The predicted octanol–water partition coefficient (Wildman–Crippen LogP) is 4.73. The van der Waals surface area contributed by atoms with E-state index in [-0.39, 0.29) is 24.3 Å². The molecule has 4 rings (SSSR count). The monoisotopic (exact) mass is 468 g/mol. The van der Waals surface area contributed by atoms with Gasteiger partial charge in [-0.3, -0.25) is 14.5 Å². The molecule has 2 fully saturated rings. The fourth-order valence-electron chi connectivity index (χ4n) is 3.95. The standard InChI is InChI=1S/C25H28N2O5S/c1-17-6-8-19(9-7-17)32-13-12-27-24(28)23(33-25(27)29)15-18-14-22(31-3)20(16-21(18)30-2)26-10-4-5-11-26/h6-9,14-16H,4-5,10-13H2,1-3H3/b23-15-. The summed E-state index contributed by atoms with van der Waals surface area (Å²) >= 11 is 0.923. The molecular formula is C25H28N2O5S. The molecule has 7 nitrogen and oxygen atoms in total. The predicted molar refractivity (Wildman–Crippen MR) is 130 cm³/mol. The topological polar surface area (TPSA) is 68.3 Å². The van der Waals surface area contributed by atoms with Gasteiger partial charge in [0.25, 0.3) is 11.1 Å². The van der Waals surface area contributed by atoms with Crippen molar-refractivity contribution in [2.75, 3.05) is 45.4 Å². The van der Waals surface area contributed by atoms with Crippen LogP contribution in [-0.2, 0) is 4.79 Å². The van der Waals surface area contributed by atoms with E-state index in [4.69, 9.17) is 14.2 Å². The Labute approximate surface area is 198 Å². The van der Waals surface area contributed by atoms with E-state index in [0.717, 1.165) is 54.7 Å². The molecule has 2 amide bonds. The van der Waals surface area contributed by atoms with Gasteiger partial charge < -0.3 is 19.1 Å². The fourth-order valence-corrected chi connectivity index (χ4v) is 4.80. The zero-order valence-electron chi connectivity index (χ0n) is 19.1. The van der Waals surface area contributed by atoms with E-state index in [1.807, 2.05) is 43.3 Å². The van der Waals surface area contributed by atoms with Crippen molar-refractivity contribution in [3.05, 3.63) is 52.4 Å². The number of carbonyl (C=O) groups excluding carboxylic acids is 2. The van der Waals surface area contributed by atoms with Crippen LogP contribution in [0.1, 0.15) is 24.0 Å². The third-order valence-corrected chi connectivity index (χ3v) is 6.65. The summed E-state index contributed by atoms with van der Waals surface area (Å²) in [5.74, 6) is 1.72. The Morgan fingerprint density at radius 2 is 1.70 bits per heavy atom. The maximum absolute atomic E-state index is 12.9. The van der Waals surface area contributed by atoms with Gasteiger partial charge in [0.05, 0.1) is 31.4 Å². The molecule has 2 saturated heterocycles. The van der Waals surface area contributed by atoms with Gasteiger partial charge in [0.15, 0.2) is 0 Å². The average molecular weight is 469 g/mol. The van der Waals surface area contributed by atoms with E-state index in [0.29, 0.717) is 22.0 Å². The Hall–Kier alpha value is -3.13. The van der Waals surface area contributed by atoms with Crippen molar-refractivity contribution < 1.29 is 23.8 Å². The summed E-state index contributed by atoms with van der Waals surface area (Å²) in [5.41, 5.74) is 2.81. The van der Waals surface area contributed by atoms with Crippen molar-refractivity contribution in [1.82, 2.24) is 4.90 Å². The first-order chi connectivity index (χ1) is 16.0. The highest BCUT2D eigenvalue weighted by Gasteiger charge is 2.35. The first-order valence-electron chi connectivity index (χ1n) is 11.0. The van der Waals surface area contributed by atoms with Gasteiger partial charge >= 0.3 is 0 Å². The lowest BCUT2D eigenvalue weighted by atomic mass is 10.1. The minimum absolute atomic E-state index is 0.185. The quantitative estimate of drug-likeness (QED) is 0.519. The van der Waals surface area contributed by atoms with Crippen molar-refractivity contribution in [3.63, 3.8) is 0 Å². The first-order valence-corrected chi connectivity index (χ1v) is 11.8. The van der Waals surface area contributed by atoms with Gasteiger partial charge in [-0.25, -0.2) is 0 Å². The summed E-state index contributed by atoms with van der Waals surface area (Å²) in [4.78, 5) is 29.2. The smallest absolute Gasteiger partial charge is 0.293 e. The van der Waals surface area contributed by atoms with Crippen molar-refractivity contribution >= 4 is 34.7 Å². The largest absolute Gasteiger partial charge is 0.496 e. The normalized spacial score (nSPS) is 17.2. The minimum Gasteiger partial charge on any atom is -0.496 e. The zero-order valence-corrected chi connectivity index (χ0v) is 19.9. The van der Waals surface area contributed by atoms with Crippen molar-refractivity contribution in [2.24, 2.45) is 0 Å². The molecule has 0 bridgehead atoms. The third kappa shape index (κ3) is 5.11. The summed E-state index contributed by atoms with van der Waals surface area (Å²) in [6.45, 7) is 4.37. The molecule has 0 N–H and O–H groups in total. The number of carbonyl (C=O) groups is 2. The van der Waals surface area contributed by atoms with Gasteiger partial charge in [-0.2, -0.15) is 0 Å². The van der Waals surface area contributed by atoms with Gasteiger partial charge in [0.2, 0.25) is 0 Å². The highest BCUT2D eigenvalue weighted by molar-refractivity contribution is 8.18. The minimum atomic E-state index is -0.331. The summed E-state index contributed by atoms with van der Waals surface area (Å²) in [7, 11) is 3.23. The number of imide groups is 1. The average Bonchev–Trinajstić information content (AvgIpc) is 3.44. The Morgan fingerprint density at radius 1 is 1.00 bits per heavy atom. The fraction of sp³-hybridized carbons (Fsp3) is 0.360. The highest BCUT2D eigenvalue weighted by atomic mass is 32.2. The molecule has 0 spiro atoms. The van der Waals surface area contributed by atoms with E-state index >= 15 is 0 Å². The lowest BCUT2D eigenvalue weighted by molar-refractivity contribution is -0.123. The summed E-state index contributed by atoms with van der Waals surface area (Å²) in [6, 6.07) is 11.4. The van der Waals surface area contributed by atoms with Crippen LogP contribution in [0.4, 0.5) is 10.5 Å². The summed E-state index contributed by atoms with van der Waals surface area (Å²) in [5, 5.41) is -0.307. The molecule has 0 unspecified atom stereocenters. The van der Waals surface area contributed by atoms with Crippen molar-refractivity contribution in [2.45, 2.75) is 19.8 Å². The van der Waals surface area contributed by atoms with E-state index in [1.54, 1.807) is 20.3 Å². The van der Waals surface area contributed by atoms with E-state index in [1.165, 1.54) is 4.90 Å². The molecule has 0 aliphatic carbocycles. The lowest BCUT2D eigenvalue weighted by Gasteiger charge is -2.22. The number of benzene rings is 2. The van der Waals surface area contributed by atoms with Crippen LogP contribution >= 0.6 is 11.8 Å². The molecule has 0 saturated carbocycles. The van der Waals surface area contributed by atoms with Gasteiger partial charge in [0.1, 0.15) is 23.9 Å². The van der Waals surface area contributed by atoms with Crippen molar-refractivity contribution in [3.8, 4) is 17.2 Å². The van der Waals surface area contributed by atoms with Gasteiger partial charge in [-0.05, 0) is 55.8 Å². The van der Waals surface area contributed by atoms with E-state index < -0.39 is 0 Å². The number of methoxy groups -OCH3 is 2. The zero-order chi connectivity index (χ0) is 23.4. The Morgan fingerprint density at radius 3 is 2.36 bits per heavy atom. The maximum atomic E-state index is 12.9. The maximum Gasteiger partial charge on any atom is 0.293 e. The van der Waals surface area contributed by atoms with Crippen LogP contribution in [-0.4, -0.2) is 56.5 Å². The number of aryl methyl sites for hydroxylation is 1. The number of ether oxygens (including phenoxy) is 3. The van der Waals surface area contributed by atoms with Crippen LogP contribution in [0.5, 0.6) is 17.2 Å². The van der Waals surface area contributed by atoms with Crippen LogP contribution in [0.15, 0.2) is 41.3 Å². The Bertz CT molecular complexity index is 1060. The number of hydrogen-bond donors (Lipinski definition) is 0. The van der Waals surface area contributed by atoms with Crippen LogP contribution in [0, 0.1) is 6.92 Å². The Kier molecular flexibility index (Phi) is 7.13. The number of anilines is 1. The van der Waals surface area contributed by atoms with Gasteiger partial charge in [-0.15, -0.1) is 0 Å². The summed E-state index contributed by atoms with van der Waals surface area (Å²) in [6.07, 6.45) is 3.99. The SMILES string of the molecule is COc1cc(N2CCCC2)c(OC)cc1/C=C1\SC(=O)N(CCOc2ccc(C)cc2)C1=O. The molecule has 0 aromatic heterocycles. The molecule has 2 heterocycles. The number of thioether (sulfide) groups is 1. The lowest BCUT2D eigenvalue weighted by Crippen LogP contribution is -2.32. The second-order valence-electron chi connectivity index (χ2n) is 7.96. The van der Waals surface area contributed by atoms with Gasteiger partial charge in [-0.1, -0.05) is 17.7 Å². The second-order valence-corrected chi connectivity index (χ2v) is 8.95. The number of nitrogens with zero attached hydrogens (tertiary/aromatic N) is 2. The molecule has 2 aromatic rings. The van der Waals surface area contributed by atoms with Gasteiger partial charge in [0, 0.05) is 24.7 Å². The molecule has 0 radical (unpaired) electrons. The number of rotatable bonds is 8. The highest BCUT2D eigenvalue weighted by Crippen LogP contribution is 2.40. The molecule has 2 aliphatic rings. The molecule has 2 aromatic carbocycles. The number of hydrogen-bond acceptors (Lipinski definition) is 7. The molecule has 33 heavy (non-hydrogen) atoms. The molecule has 174 valence electrons. The van der Waals surface area contributed by atoms with E-state index in [2.05, 4.69) is 4.90 Å².